The molecule has 0 unspecified atom stereocenters. The first-order valence-electron chi connectivity index (χ1n) is 9.78. The van der Waals surface area contributed by atoms with E-state index in [1.54, 1.807) is 18.2 Å². The highest BCUT2D eigenvalue weighted by Gasteiger charge is 2.24. The summed E-state index contributed by atoms with van der Waals surface area (Å²) in [6, 6.07) is 12.9. The number of benzene rings is 2. The van der Waals surface area contributed by atoms with Gasteiger partial charge in [0, 0.05) is 12.7 Å². The van der Waals surface area contributed by atoms with E-state index in [2.05, 4.69) is 5.32 Å². The van der Waals surface area contributed by atoms with Gasteiger partial charge in [0.2, 0.25) is 5.91 Å². The number of hydrogen-bond donors (Lipinski definition) is 1. The standard InChI is InChI=1S/C23H26N2O4/c1-15-7-11-20(12-8-15)24-21(26)14-25(3)22(27)16(2)29-23(28)19-10-9-17-5-4-6-18(17)13-19/h7-13,16H,4-6,14H2,1-3H3,(H,24,26)/t16-/m1/s1. The summed E-state index contributed by atoms with van der Waals surface area (Å²) in [5, 5.41) is 2.74. The molecule has 0 aromatic heterocycles. The number of likely N-dealkylation sites (N-methyl/N-ethyl adjacent to an activating group) is 1. The SMILES string of the molecule is Cc1ccc(NC(=O)CN(C)C(=O)[C@@H](C)OC(=O)c2ccc3c(c2)CCC3)cc1. The quantitative estimate of drug-likeness (QED) is 0.764. The van der Waals surface area contributed by atoms with Gasteiger partial charge in [-0.05, 0) is 68.5 Å². The third kappa shape index (κ3) is 5.22. The van der Waals surface area contributed by atoms with Gasteiger partial charge in [0.15, 0.2) is 6.10 Å². The second-order valence-corrected chi connectivity index (χ2v) is 7.49. The van der Waals surface area contributed by atoms with Crippen LogP contribution in [0.15, 0.2) is 42.5 Å². The number of rotatable bonds is 6. The maximum absolute atomic E-state index is 12.5. The Morgan fingerprint density at radius 3 is 2.48 bits per heavy atom. The largest absolute Gasteiger partial charge is 0.449 e. The van der Waals surface area contributed by atoms with Crippen LogP contribution in [-0.4, -0.2) is 42.4 Å². The zero-order valence-electron chi connectivity index (χ0n) is 17.0. The van der Waals surface area contributed by atoms with E-state index in [1.807, 2.05) is 31.2 Å². The van der Waals surface area contributed by atoms with Gasteiger partial charge < -0.3 is 15.0 Å². The molecule has 2 amide bonds. The molecule has 0 radical (unpaired) electrons. The fraction of sp³-hybridized carbons (Fsp3) is 0.348. The molecule has 152 valence electrons. The number of anilines is 1. The van der Waals surface area contributed by atoms with E-state index in [9.17, 15) is 14.4 Å². The van der Waals surface area contributed by atoms with E-state index in [0.717, 1.165) is 24.8 Å². The van der Waals surface area contributed by atoms with Gasteiger partial charge in [-0.1, -0.05) is 23.8 Å². The summed E-state index contributed by atoms with van der Waals surface area (Å²) in [6.45, 7) is 3.35. The number of carbonyl (C=O) groups excluding carboxylic acids is 3. The van der Waals surface area contributed by atoms with Crippen LogP contribution in [-0.2, 0) is 27.2 Å². The molecule has 0 saturated heterocycles. The summed E-state index contributed by atoms with van der Waals surface area (Å²) in [6.07, 6.45) is 2.12. The highest BCUT2D eigenvalue weighted by Crippen LogP contribution is 2.23. The van der Waals surface area contributed by atoms with Crippen molar-refractivity contribution >= 4 is 23.5 Å². The molecular formula is C23H26N2O4. The van der Waals surface area contributed by atoms with Crippen LogP contribution >= 0.6 is 0 Å². The van der Waals surface area contributed by atoms with Gasteiger partial charge in [-0.2, -0.15) is 0 Å². The number of esters is 1. The zero-order valence-corrected chi connectivity index (χ0v) is 17.0. The van der Waals surface area contributed by atoms with Crippen molar-refractivity contribution in [2.75, 3.05) is 18.9 Å². The van der Waals surface area contributed by atoms with Crippen LogP contribution in [0, 0.1) is 6.92 Å². The van der Waals surface area contributed by atoms with Crippen LogP contribution in [0.5, 0.6) is 0 Å². The smallest absolute Gasteiger partial charge is 0.338 e. The monoisotopic (exact) mass is 394 g/mol. The van der Waals surface area contributed by atoms with Crippen molar-refractivity contribution in [3.05, 3.63) is 64.7 Å². The van der Waals surface area contributed by atoms with Gasteiger partial charge in [0.1, 0.15) is 0 Å². The molecule has 2 aromatic rings. The molecule has 29 heavy (non-hydrogen) atoms. The molecule has 1 atom stereocenters. The number of hydrogen-bond acceptors (Lipinski definition) is 4. The molecule has 0 fully saturated rings. The van der Waals surface area contributed by atoms with E-state index in [-0.39, 0.29) is 12.5 Å². The van der Waals surface area contributed by atoms with Gasteiger partial charge in [0.25, 0.3) is 5.91 Å². The van der Waals surface area contributed by atoms with Crippen molar-refractivity contribution in [3.8, 4) is 0 Å². The molecule has 2 aromatic carbocycles. The van der Waals surface area contributed by atoms with Crippen LogP contribution in [0.3, 0.4) is 0 Å². The van der Waals surface area contributed by atoms with Crippen molar-refractivity contribution < 1.29 is 19.1 Å². The first kappa shape index (κ1) is 20.6. The van der Waals surface area contributed by atoms with Crippen LogP contribution in [0.1, 0.15) is 40.4 Å². The third-order valence-corrected chi connectivity index (χ3v) is 5.06. The van der Waals surface area contributed by atoms with Gasteiger partial charge in [-0.15, -0.1) is 0 Å². The van der Waals surface area contributed by atoms with E-state index < -0.39 is 18.0 Å². The van der Waals surface area contributed by atoms with Gasteiger partial charge in [-0.25, -0.2) is 4.79 Å². The Bertz CT molecular complexity index is 921. The predicted molar refractivity (Wildman–Crippen MR) is 111 cm³/mol. The summed E-state index contributed by atoms with van der Waals surface area (Å²) >= 11 is 0. The Hall–Kier alpha value is -3.15. The van der Waals surface area contributed by atoms with Gasteiger partial charge in [-0.3, -0.25) is 9.59 Å². The Labute approximate surface area is 170 Å². The van der Waals surface area contributed by atoms with Crippen LogP contribution < -0.4 is 5.32 Å². The van der Waals surface area contributed by atoms with Crippen molar-refractivity contribution in [2.24, 2.45) is 0 Å². The average Bonchev–Trinajstić information content (AvgIpc) is 3.16. The van der Waals surface area contributed by atoms with E-state index >= 15 is 0 Å². The summed E-state index contributed by atoms with van der Waals surface area (Å²) < 4.78 is 5.33. The molecule has 0 saturated carbocycles. The summed E-state index contributed by atoms with van der Waals surface area (Å²) in [5.41, 5.74) is 4.64. The Kier molecular flexibility index (Phi) is 6.32. The van der Waals surface area contributed by atoms with Gasteiger partial charge >= 0.3 is 5.97 Å². The van der Waals surface area contributed by atoms with E-state index in [4.69, 9.17) is 4.74 Å². The molecule has 0 heterocycles. The van der Waals surface area contributed by atoms with Gasteiger partial charge in [0.05, 0.1) is 12.1 Å². The molecule has 0 bridgehead atoms. The highest BCUT2D eigenvalue weighted by molar-refractivity contribution is 5.96. The van der Waals surface area contributed by atoms with Crippen molar-refractivity contribution in [3.63, 3.8) is 0 Å². The lowest BCUT2D eigenvalue weighted by Crippen LogP contribution is -2.41. The minimum absolute atomic E-state index is 0.132. The van der Waals surface area contributed by atoms with Crippen LogP contribution in [0.4, 0.5) is 5.69 Å². The number of aryl methyl sites for hydroxylation is 3. The molecule has 1 aliphatic rings. The zero-order chi connectivity index (χ0) is 21.0. The Morgan fingerprint density at radius 2 is 1.76 bits per heavy atom. The molecule has 0 spiro atoms. The first-order chi connectivity index (χ1) is 13.8. The molecule has 3 rings (SSSR count). The predicted octanol–water partition coefficient (Wildman–Crippen LogP) is 3.13. The first-order valence-corrected chi connectivity index (χ1v) is 9.78. The number of ether oxygens (including phenoxy) is 1. The maximum atomic E-state index is 12.5. The summed E-state index contributed by atoms with van der Waals surface area (Å²) in [5.74, 6) is -1.28. The number of nitrogens with zero attached hydrogens (tertiary/aromatic N) is 1. The molecule has 0 aliphatic heterocycles. The molecule has 1 N–H and O–H groups in total. The van der Waals surface area contributed by atoms with Crippen molar-refractivity contribution in [1.29, 1.82) is 0 Å². The highest BCUT2D eigenvalue weighted by atomic mass is 16.5. The maximum Gasteiger partial charge on any atom is 0.338 e. The lowest BCUT2D eigenvalue weighted by atomic mass is 10.1. The molecular weight excluding hydrogens is 368 g/mol. The van der Waals surface area contributed by atoms with E-state index in [1.165, 1.54) is 30.0 Å². The number of fused-ring (bicyclic) bond motifs is 1. The summed E-state index contributed by atoms with van der Waals surface area (Å²) in [7, 11) is 1.51. The number of carbonyl (C=O) groups is 3. The normalized spacial score (nSPS) is 13.3. The van der Waals surface area contributed by atoms with Crippen molar-refractivity contribution in [2.45, 2.75) is 39.2 Å². The van der Waals surface area contributed by atoms with Crippen LogP contribution in [0.25, 0.3) is 0 Å². The van der Waals surface area contributed by atoms with E-state index in [0.29, 0.717) is 11.3 Å². The fourth-order valence-corrected chi connectivity index (χ4v) is 3.42. The summed E-state index contributed by atoms with van der Waals surface area (Å²) in [4.78, 5) is 38.3. The minimum atomic E-state index is -0.979. The average molecular weight is 394 g/mol. The number of nitrogens with one attached hydrogen (secondary N) is 1. The molecule has 1 aliphatic carbocycles. The minimum Gasteiger partial charge on any atom is -0.449 e. The second-order valence-electron chi connectivity index (χ2n) is 7.49. The van der Waals surface area contributed by atoms with Crippen molar-refractivity contribution in [1.82, 2.24) is 4.90 Å². The molecule has 6 nitrogen and oxygen atoms in total. The second kappa shape index (κ2) is 8.90. The lowest BCUT2D eigenvalue weighted by molar-refractivity contribution is -0.140. The van der Waals surface area contributed by atoms with Crippen LogP contribution in [0.2, 0.25) is 0 Å². The number of amides is 2. The fourth-order valence-electron chi connectivity index (χ4n) is 3.42. The Morgan fingerprint density at radius 1 is 1.07 bits per heavy atom. The molecule has 6 heteroatoms. The topological polar surface area (TPSA) is 75.7 Å². The Balaban J connectivity index is 1.52. The third-order valence-electron chi connectivity index (χ3n) is 5.06. The lowest BCUT2D eigenvalue weighted by Gasteiger charge is -2.21.